The zero-order valence-electron chi connectivity index (χ0n) is 17.9. The lowest BCUT2D eigenvalue weighted by Gasteiger charge is -2.27. The normalized spacial score (nSPS) is 11.7. The number of aliphatic imine (C=N–C) groups is 1. The number of ether oxygens (including phenoxy) is 3. The quantitative estimate of drug-likeness (QED) is 0.494. The van der Waals surface area contributed by atoms with Crippen molar-refractivity contribution in [3.8, 4) is 11.5 Å². The molecular weight excluding hydrogens is 360 g/mol. The zero-order chi connectivity index (χ0) is 21.2. The summed E-state index contributed by atoms with van der Waals surface area (Å²) in [5.74, 6) is 1.63. The Balaban J connectivity index is 2.55. The van der Waals surface area contributed by atoms with Crippen LogP contribution >= 0.6 is 0 Å². The highest BCUT2D eigenvalue weighted by atomic mass is 16.6. The maximum atomic E-state index is 12.2. The van der Waals surface area contributed by atoms with Crippen LogP contribution in [0.5, 0.6) is 11.5 Å². The molecule has 0 aliphatic heterocycles. The highest BCUT2D eigenvalue weighted by molar-refractivity contribution is 5.77. The van der Waals surface area contributed by atoms with Gasteiger partial charge in [0, 0.05) is 19.6 Å². The predicted molar refractivity (Wildman–Crippen MR) is 111 cm³/mol. The van der Waals surface area contributed by atoms with E-state index in [9.17, 15) is 4.79 Å². The number of benzene rings is 1. The van der Waals surface area contributed by atoms with Gasteiger partial charge in [-0.25, -0.2) is 9.79 Å². The van der Waals surface area contributed by atoms with Crippen molar-refractivity contribution in [2.75, 3.05) is 33.9 Å². The number of nitrogens with two attached hydrogens (primary N) is 1. The van der Waals surface area contributed by atoms with Gasteiger partial charge in [0.05, 0.1) is 20.8 Å². The Morgan fingerprint density at radius 1 is 1.18 bits per heavy atom. The van der Waals surface area contributed by atoms with E-state index >= 15 is 0 Å². The Morgan fingerprint density at radius 2 is 1.86 bits per heavy atom. The third-order valence-corrected chi connectivity index (χ3v) is 3.71. The van der Waals surface area contributed by atoms with Crippen molar-refractivity contribution in [2.24, 2.45) is 10.7 Å². The average Bonchev–Trinajstić information content (AvgIpc) is 2.63. The summed E-state index contributed by atoms with van der Waals surface area (Å²) < 4.78 is 15.9. The largest absolute Gasteiger partial charge is 0.493 e. The van der Waals surface area contributed by atoms with Crippen molar-refractivity contribution in [3.05, 3.63) is 23.8 Å². The molecule has 0 spiro atoms. The zero-order valence-corrected chi connectivity index (χ0v) is 17.9. The second kappa shape index (κ2) is 11.3. The fourth-order valence-electron chi connectivity index (χ4n) is 2.42. The Kier molecular flexibility index (Phi) is 9.41. The Morgan fingerprint density at radius 3 is 2.43 bits per heavy atom. The number of hydrogen-bond donors (Lipinski definition) is 2. The fraction of sp³-hybridized carbons (Fsp3) is 0.600. The van der Waals surface area contributed by atoms with E-state index in [1.54, 1.807) is 19.1 Å². The molecule has 8 nitrogen and oxygen atoms in total. The molecule has 0 aliphatic rings. The molecule has 3 N–H and O–H groups in total. The molecule has 0 radical (unpaired) electrons. The predicted octanol–water partition coefficient (Wildman–Crippen LogP) is 2.76. The first kappa shape index (κ1) is 23.4. The minimum Gasteiger partial charge on any atom is -0.493 e. The molecule has 0 saturated heterocycles. The number of carbonyl (C=O) groups is 1. The van der Waals surface area contributed by atoms with Gasteiger partial charge in [-0.1, -0.05) is 13.0 Å². The van der Waals surface area contributed by atoms with E-state index in [1.165, 1.54) is 0 Å². The van der Waals surface area contributed by atoms with E-state index in [4.69, 9.17) is 19.9 Å². The van der Waals surface area contributed by atoms with Gasteiger partial charge in [0.2, 0.25) is 0 Å². The van der Waals surface area contributed by atoms with Gasteiger partial charge in [-0.2, -0.15) is 0 Å². The maximum absolute atomic E-state index is 12.2. The van der Waals surface area contributed by atoms with Crippen LogP contribution in [0, 0.1) is 0 Å². The van der Waals surface area contributed by atoms with Gasteiger partial charge in [-0.3, -0.25) is 0 Å². The minimum atomic E-state index is -0.517. The van der Waals surface area contributed by atoms with Crippen molar-refractivity contribution in [3.63, 3.8) is 0 Å². The second-order valence-corrected chi connectivity index (χ2v) is 7.28. The number of guanidine groups is 1. The SMILES string of the molecule is CCCN(CCNC(N)=NCc1ccc(OC)c(OC)c1)C(=O)OC(C)(C)C. The van der Waals surface area contributed by atoms with Crippen molar-refractivity contribution >= 4 is 12.1 Å². The molecular formula is C20H34N4O4. The first-order chi connectivity index (χ1) is 13.2. The van der Waals surface area contributed by atoms with E-state index in [1.807, 2.05) is 45.9 Å². The third kappa shape index (κ3) is 8.37. The summed E-state index contributed by atoms with van der Waals surface area (Å²) in [5.41, 5.74) is 6.36. The molecule has 0 unspecified atom stereocenters. The number of nitrogens with one attached hydrogen (secondary N) is 1. The Hall–Kier alpha value is -2.64. The number of rotatable bonds is 9. The molecule has 0 heterocycles. The van der Waals surface area contributed by atoms with Gasteiger partial charge >= 0.3 is 6.09 Å². The lowest BCUT2D eigenvalue weighted by Crippen LogP contribution is -2.43. The third-order valence-electron chi connectivity index (χ3n) is 3.71. The smallest absolute Gasteiger partial charge is 0.410 e. The molecule has 158 valence electrons. The van der Waals surface area contributed by atoms with E-state index < -0.39 is 5.60 Å². The summed E-state index contributed by atoms with van der Waals surface area (Å²) in [4.78, 5) is 18.2. The van der Waals surface area contributed by atoms with Crippen LogP contribution in [0.25, 0.3) is 0 Å². The molecule has 1 aromatic carbocycles. The maximum Gasteiger partial charge on any atom is 0.410 e. The second-order valence-electron chi connectivity index (χ2n) is 7.28. The molecule has 1 aromatic rings. The van der Waals surface area contributed by atoms with Crippen molar-refractivity contribution in [1.82, 2.24) is 10.2 Å². The highest BCUT2D eigenvalue weighted by Crippen LogP contribution is 2.27. The van der Waals surface area contributed by atoms with E-state index in [0.717, 1.165) is 12.0 Å². The molecule has 0 bridgehead atoms. The van der Waals surface area contributed by atoms with Crippen LogP contribution in [-0.4, -0.2) is 56.4 Å². The summed E-state index contributed by atoms with van der Waals surface area (Å²) in [6.07, 6.45) is 0.527. The molecule has 1 amide bonds. The lowest BCUT2D eigenvalue weighted by molar-refractivity contribution is 0.0253. The minimum absolute atomic E-state index is 0.315. The van der Waals surface area contributed by atoms with Crippen LogP contribution in [0.3, 0.4) is 0 Å². The van der Waals surface area contributed by atoms with Crippen LogP contribution in [0.4, 0.5) is 4.79 Å². The first-order valence-corrected chi connectivity index (χ1v) is 9.42. The standard InChI is InChI=1S/C20H34N4O4/c1-7-11-24(19(25)28-20(2,3)4)12-10-22-18(21)23-14-15-8-9-16(26-5)17(13-15)27-6/h8-9,13H,7,10-12,14H2,1-6H3,(H3,21,22,23). The Labute approximate surface area is 168 Å². The summed E-state index contributed by atoms with van der Waals surface area (Å²) in [5, 5.41) is 3.03. The summed E-state index contributed by atoms with van der Waals surface area (Å²) in [7, 11) is 3.18. The van der Waals surface area contributed by atoms with Crippen molar-refractivity contribution < 1.29 is 19.0 Å². The molecule has 1 rings (SSSR count). The van der Waals surface area contributed by atoms with Gasteiger partial charge in [-0.15, -0.1) is 0 Å². The van der Waals surface area contributed by atoms with Crippen LogP contribution in [0.2, 0.25) is 0 Å². The first-order valence-electron chi connectivity index (χ1n) is 9.42. The topological polar surface area (TPSA) is 98.4 Å². The number of amides is 1. The monoisotopic (exact) mass is 394 g/mol. The number of methoxy groups -OCH3 is 2. The van der Waals surface area contributed by atoms with Crippen LogP contribution < -0.4 is 20.5 Å². The van der Waals surface area contributed by atoms with E-state index in [-0.39, 0.29) is 6.09 Å². The van der Waals surface area contributed by atoms with Crippen molar-refractivity contribution in [1.29, 1.82) is 0 Å². The molecule has 0 atom stereocenters. The number of nitrogens with zero attached hydrogens (tertiary/aromatic N) is 2. The summed E-state index contributed by atoms with van der Waals surface area (Å²) in [6.45, 7) is 9.58. The number of hydrogen-bond acceptors (Lipinski definition) is 5. The number of carbonyl (C=O) groups excluding carboxylic acids is 1. The fourth-order valence-corrected chi connectivity index (χ4v) is 2.42. The Bertz CT molecular complexity index is 656. The molecule has 0 saturated carbocycles. The molecule has 0 fully saturated rings. The average molecular weight is 395 g/mol. The van der Waals surface area contributed by atoms with Crippen LogP contribution in [0.15, 0.2) is 23.2 Å². The van der Waals surface area contributed by atoms with Gasteiger partial charge in [0.15, 0.2) is 17.5 Å². The van der Waals surface area contributed by atoms with Crippen LogP contribution in [0.1, 0.15) is 39.7 Å². The van der Waals surface area contributed by atoms with Gasteiger partial charge in [0.1, 0.15) is 5.60 Å². The van der Waals surface area contributed by atoms with Crippen LogP contribution in [-0.2, 0) is 11.3 Å². The van der Waals surface area contributed by atoms with Gasteiger partial charge in [0.25, 0.3) is 0 Å². The molecule has 8 heteroatoms. The van der Waals surface area contributed by atoms with Gasteiger partial charge < -0.3 is 30.2 Å². The highest BCUT2D eigenvalue weighted by Gasteiger charge is 2.21. The van der Waals surface area contributed by atoms with E-state index in [2.05, 4.69) is 10.3 Å². The molecule has 28 heavy (non-hydrogen) atoms. The molecule has 0 aromatic heterocycles. The summed E-state index contributed by atoms with van der Waals surface area (Å²) >= 11 is 0. The van der Waals surface area contributed by atoms with Crippen molar-refractivity contribution in [2.45, 2.75) is 46.3 Å². The summed E-state index contributed by atoms with van der Waals surface area (Å²) in [6, 6.07) is 5.60. The van der Waals surface area contributed by atoms with Gasteiger partial charge in [-0.05, 0) is 44.9 Å². The molecule has 0 aliphatic carbocycles. The van der Waals surface area contributed by atoms with E-state index in [0.29, 0.717) is 43.6 Å². The lowest BCUT2D eigenvalue weighted by atomic mass is 10.2.